The van der Waals surface area contributed by atoms with E-state index in [4.69, 9.17) is 17.3 Å². The Morgan fingerprint density at radius 3 is 2.80 bits per heavy atom. The fraction of sp³-hybridized carbons (Fsp3) is 0.412. The van der Waals surface area contributed by atoms with Crippen molar-refractivity contribution >= 4 is 22.9 Å². The number of thiophene rings is 1. The molecular weight excluding hydrogens is 286 g/mol. The predicted octanol–water partition coefficient (Wildman–Crippen LogP) is 4.83. The third-order valence-electron chi connectivity index (χ3n) is 4.03. The smallest absolute Gasteiger partial charge is 0.0441 e. The number of aryl methyl sites for hydroxylation is 3. The Hall–Kier alpha value is -0.830. The maximum Gasteiger partial charge on any atom is 0.0441 e. The molecular formula is C17H20ClNS. The van der Waals surface area contributed by atoms with Crippen LogP contribution in [0.4, 0.5) is 0 Å². The zero-order valence-electron chi connectivity index (χ0n) is 11.8. The van der Waals surface area contributed by atoms with Crippen LogP contribution >= 0.6 is 22.9 Å². The second kappa shape index (κ2) is 5.88. The van der Waals surface area contributed by atoms with Gasteiger partial charge in [0.25, 0.3) is 0 Å². The Morgan fingerprint density at radius 1 is 1.25 bits per heavy atom. The Labute approximate surface area is 129 Å². The van der Waals surface area contributed by atoms with Crippen molar-refractivity contribution in [3.05, 3.63) is 55.7 Å². The van der Waals surface area contributed by atoms with Crippen LogP contribution in [0.2, 0.25) is 5.02 Å². The Kier molecular flexibility index (Phi) is 4.16. The molecule has 0 saturated carbocycles. The summed E-state index contributed by atoms with van der Waals surface area (Å²) in [5, 5.41) is 0.835. The van der Waals surface area contributed by atoms with Crippen LogP contribution in [0.3, 0.4) is 0 Å². The number of hydrogen-bond acceptors (Lipinski definition) is 2. The van der Waals surface area contributed by atoms with Gasteiger partial charge >= 0.3 is 0 Å². The van der Waals surface area contributed by atoms with Gasteiger partial charge in [-0.3, -0.25) is 0 Å². The first-order valence-electron chi connectivity index (χ1n) is 7.25. The lowest BCUT2D eigenvalue weighted by atomic mass is 9.98. The highest BCUT2D eigenvalue weighted by molar-refractivity contribution is 7.12. The highest BCUT2D eigenvalue weighted by Gasteiger charge is 2.17. The van der Waals surface area contributed by atoms with E-state index in [1.165, 1.54) is 41.7 Å². The monoisotopic (exact) mass is 305 g/mol. The summed E-state index contributed by atoms with van der Waals surface area (Å²) in [7, 11) is 0. The molecule has 1 aromatic heterocycles. The van der Waals surface area contributed by atoms with Crippen molar-refractivity contribution in [3.63, 3.8) is 0 Å². The quantitative estimate of drug-likeness (QED) is 0.863. The van der Waals surface area contributed by atoms with Crippen LogP contribution in [0.15, 0.2) is 24.3 Å². The zero-order chi connectivity index (χ0) is 14.1. The number of fused-ring (bicyclic) bond motifs is 1. The second-order valence-corrected chi connectivity index (χ2v) is 7.29. The van der Waals surface area contributed by atoms with Crippen molar-refractivity contribution in [2.45, 2.75) is 45.1 Å². The molecule has 3 heteroatoms. The summed E-state index contributed by atoms with van der Waals surface area (Å²) in [6.45, 7) is 2.06. The van der Waals surface area contributed by atoms with Crippen LogP contribution in [-0.4, -0.2) is 0 Å². The molecule has 0 fully saturated rings. The highest BCUT2D eigenvalue weighted by Crippen LogP contribution is 2.34. The van der Waals surface area contributed by atoms with Gasteiger partial charge in [0.2, 0.25) is 0 Å². The lowest BCUT2D eigenvalue weighted by Gasteiger charge is -2.11. The van der Waals surface area contributed by atoms with Crippen molar-refractivity contribution in [1.82, 2.24) is 0 Å². The summed E-state index contributed by atoms with van der Waals surface area (Å²) in [4.78, 5) is 2.87. The lowest BCUT2D eigenvalue weighted by molar-refractivity contribution is 0.695. The molecule has 1 aliphatic rings. The molecule has 0 radical (unpaired) electrons. The minimum atomic E-state index is 0.0609. The van der Waals surface area contributed by atoms with Crippen LogP contribution in [0.1, 0.15) is 45.3 Å². The van der Waals surface area contributed by atoms with E-state index >= 15 is 0 Å². The van der Waals surface area contributed by atoms with Crippen LogP contribution in [0.25, 0.3) is 0 Å². The van der Waals surface area contributed by atoms with Crippen molar-refractivity contribution in [2.24, 2.45) is 5.73 Å². The van der Waals surface area contributed by atoms with Gasteiger partial charge in [-0.2, -0.15) is 0 Å². The van der Waals surface area contributed by atoms with E-state index in [9.17, 15) is 0 Å². The minimum absolute atomic E-state index is 0.0609. The normalized spacial score (nSPS) is 15.9. The summed E-state index contributed by atoms with van der Waals surface area (Å²) in [6.07, 6.45) is 5.93. The lowest BCUT2D eigenvalue weighted by Crippen LogP contribution is -2.12. The standard InChI is InChI=1S/C17H20ClNS/c1-11-6-7-12(14(18)8-11)9-15(19)17-10-13-4-2-3-5-16(13)20-17/h6-8,10,15H,2-5,9,19H2,1H3. The maximum atomic E-state index is 6.40. The van der Waals surface area contributed by atoms with E-state index in [0.717, 1.165) is 17.0 Å². The van der Waals surface area contributed by atoms with Crippen LogP contribution < -0.4 is 5.73 Å². The fourth-order valence-electron chi connectivity index (χ4n) is 2.85. The summed E-state index contributed by atoms with van der Waals surface area (Å²) in [6, 6.07) is 8.61. The van der Waals surface area contributed by atoms with E-state index in [-0.39, 0.29) is 6.04 Å². The summed E-state index contributed by atoms with van der Waals surface area (Å²) in [5.41, 5.74) is 10.3. The molecule has 0 bridgehead atoms. The van der Waals surface area contributed by atoms with Gasteiger partial charge in [0.15, 0.2) is 0 Å². The average molecular weight is 306 g/mol. The van der Waals surface area contributed by atoms with Gasteiger partial charge in [-0.05, 0) is 67.9 Å². The van der Waals surface area contributed by atoms with Crippen LogP contribution in [-0.2, 0) is 19.3 Å². The molecule has 1 aliphatic carbocycles. The summed E-state index contributed by atoms with van der Waals surface area (Å²) >= 11 is 8.21. The molecule has 0 spiro atoms. The zero-order valence-corrected chi connectivity index (χ0v) is 13.4. The first-order chi connectivity index (χ1) is 9.63. The highest BCUT2D eigenvalue weighted by atomic mass is 35.5. The van der Waals surface area contributed by atoms with Gasteiger partial charge < -0.3 is 5.73 Å². The second-order valence-electron chi connectivity index (χ2n) is 5.71. The van der Waals surface area contributed by atoms with Gasteiger partial charge in [0, 0.05) is 20.8 Å². The van der Waals surface area contributed by atoms with Crippen molar-refractivity contribution in [1.29, 1.82) is 0 Å². The molecule has 1 heterocycles. The first kappa shape index (κ1) is 14.1. The molecule has 20 heavy (non-hydrogen) atoms. The molecule has 1 atom stereocenters. The van der Waals surface area contributed by atoms with E-state index < -0.39 is 0 Å². The Bertz CT molecular complexity index is 594. The van der Waals surface area contributed by atoms with Gasteiger partial charge in [-0.1, -0.05) is 23.7 Å². The molecule has 0 aliphatic heterocycles. The average Bonchev–Trinajstić information content (AvgIpc) is 2.86. The largest absolute Gasteiger partial charge is 0.323 e. The SMILES string of the molecule is Cc1ccc(CC(N)c2cc3c(s2)CCCC3)c(Cl)c1. The summed E-state index contributed by atoms with van der Waals surface area (Å²) in [5.74, 6) is 0. The topological polar surface area (TPSA) is 26.0 Å². The van der Waals surface area contributed by atoms with Crippen molar-refractivity contribution in [2.75, 3.05) is 0 Å². The number of rotatable bonds is 3. The number of nitrogens with two attached hydrogens (primary N) is 1. The molecule has 2 aromatic rings. The van der Waals surface area contributed by atoms with Crippen LogP contribution in [0, 0.1) is 6.92 Å². The van der Waals surface area contributed by atoms with Gasteiger partial charge in [0.1, 0.15) is 0 Å². The predicted molar refractivity (Wildman–Crippen MR) is 87.8 cm³/mol. The molecule has 1 aromatic carbocycles. The first-order valence-corrected chi connectivity index (χ1v) is 8.45. The van der Waals surface area contributed by atoms with Crippen LogP contribution in [0.5, 0.6) is 0 Å². The fourth-order valence-corrected chi connectivity index (χ4v) is 4.42. The molecule has 106 valence electrons. The summed E-state index contributed by atoms with van der Waals surface area (Å²) < 4.78 is 0. The van der Waals surface area contributed by atoms with Gasteiger partial charge in [0.05, 0.1) is 0 Å². The molecule has 1 unspecified atom stereocenters. The van der Waals surface area contributed by atoms with Crippen molar-refractivity contribution in [3.8, 4) is 0 Å². The molecule has 2 N–H and O–H groups in total. The van der Waals surface area contributed by atoms with E-state index in [1.807, 2.05) is 17.4 Å². The third kappa shape index (κ3) is 2.93. The third-order valence-corrected chi connectivity index (χ3v) is 5.75. The van der Waals surface area contributed by atoms with E-state index in [1.54, 1.807) is 4.88 Å². The number of halogens is 1. The maximum absolute atomic E-state index is 6.40. The van der Waals surface area contributed by atoms with Gasteiger partial charge in [-0.15, -0.1) is 11.3 Å². The number of hydrogen-bond donors (Lipinski definition) is 1. The van der Waals surface area contributed by atoms with E-state index in [0.29, 0.717) is 0 Å². The molecule has 0 amide bonds. The van der Waals surface area contributed by atoms with Gasteiger partial charge in [-0.25, -0.2) is 0 Å². The Morgan fingerprint density at radius 2 is 2.05 bits per heavy atom. The number of benzene rings is 1. The minimum Gasteiger partial charge on any atom is -0.323 e. The molecule has 1 nitrogen and oxygen atoms in total. The van der Waals surface area contributed by atoms with Crippen molar-refractivity contribution < 1.29 is 0 Å². The Balaban J connectivity index is 1.78. The van der Waals surface area contributed by atoms with E-state index in [2.05, 4.69) is 25.1 Å². The molecule has 0 saturated heterocycles. The molecule has 3 rings (SSSR count).